The number of unbranched alkanes of at least 4 members (excludes halogenated alkanes) is 2. The van der Waals surface area contributed by atoms with Gasteiger partial charge >= 0.3 is 35.5 Å². The first kappa shape index (κ1) is 33.4. The van der Waals surface area contributed by atoms with E-state index in [1.54, 1.807) is 0 Å². The van der Waals surface area contributed by atoms with Crippen molar-refractivity contribution in [1.82, 2.24) is 0 Å². The molecule has 0 aliphatic rings. The van der Waals surface area contributed by atoms with Crippen molar-refractivity contribution >= 4 is 22.1 Å². The Kier molecular flexibility index (Phi) is 18.0. The van der Waals surface area contributed by atoms with Gasteiger partial charge in [0.15, 0.2) is 5.25 Å². The van der Waals surface area contributed by atoms with Gasteiger partial charge in [-0.25, -0.2) is 0 Å². The standard InChI is InChI=1S/C14H26O7S.C5H12O.Na/c1-4-7-8-9-14(5-2,6-3)21-13(17)11(10-12(15)16)22(18,19)20;1-5(2,3)4-6;/h11H,4-10H2,1-3H3,(H,15,16)(H,18,19,20);6H,4H2,1-3H3;/q;;+1/p-1. The molecule has 0 aromatic rings. The first-order valence-corrected chi connectivity index (χ1v) is 11.2. The molecule has 0 saturated carbocycles. The van der Waals surface area contributed by atoms with Crippen LogP contribution in [-0.2, 0) is 24.4 Å². The van der Waals surface area contributed by atoms with E-state index in [2.05, 4.69) is 0 Å². The van der Waals surface area contributed by atoms with Crippen molar-refractivity contribution in [3.63, 3.8) is 0 Å². The second-order valence-corrected chi connectivity index (χ2v) is 9.67. The van der Waals surface area contributed by atoms with E-state index in [-0.39, 0.29) is 41.6 Å². The summed E-state index contributed by atoms with van der Waals surface area (Å²) in [5, 5.41) is 16.8. The zero-order valence-corrected chi connectivity index (χ0v) is 21.8. The van der Waals surface area contributed by atoms with Crippen LogP contribution in [0.4, 0.5) is 0 Å². The summed E-state index contributed by atoms with van der Waals surface area (Å²) in [7, 11) is -4.87. The van der Waals surface area contributed by atoms with E-state index in [9.17, 15) is 23.1 Å². The minimum absolute atomic E-state index is 0. The fraction of sp³-hybridized carbons (Fsp3) is 0.895. The number of ether oxygens (including phenoxy) is 1. The molecule has 1 unspecified atom stereocenters. The van der Waals surface area contributed by atoms with Crippen LogP contribution in [0.2, 0.25) is 0 Å². The molecule has 0 heterocycles. The van der Waals surface area contributed by atoms with E-state index in [4.69, 9.17) is 14.4 Å². The molecule has 29 heavy (non-hydrogen) atoms. The Labute approximate surface area is 197 Å². The number of aliphatic hydroxyl groups is 1. The number of aliphatic hydroxyl groups excluding tert-OH is 1. The molecule has 10 heteroatoms. The summed E-state index contributed by atoms with van der Waals surface area (Å²) < 4.78 is 36.7. The van der Waals surface area contributed by atoms with E-state index in [1.165, 1.54) is 0 Å². The minimum atomic E-state index is -4.87. The fourth-order valence-corrected chi connectivity index (χ4v) is 2.87. The van der Waals surface area contributed by atoms with E-state index in [0.717, 1.165) is 19.3 Å². The molecule has 0 aliphatic heterocycles. The third-order valence-corrected chi connectivity index (χ3v) is 5.37. The monoisotopic (exact) mass is 448 g/mol. The Morgan fingerprint density at radius 3 is 1.79 bits per heavy atom. The van der Waals surface area contributed by atoms with Gasteiger partial charge < -0.3 is 19.7 Å². The van der Waals surface area contributed by atoms with Crippen LogP contribution in [0.5, 0.6) is 0 Å². The Bertz CT molecular complexity index is 565. The number of aliphatic carboxylic acids is 1. The van der Waals surface area contributed by atoms with Gasteiger partial charge in [0.25, 0.3) is 10.1 Å². The normalized spacial score (nSPS) is 12.8. The Hall–Kier alpha value is -0.190. The van der Waals surface area contributed by atoms with Crippen molar-refractivity contribution in [2.45, 2.75) is 97.3 Å². The largest absolute Gasteiger partial charge is 1.00 e. The Morgan fingerprint density at radius 1 is 1.07 bits per heavy atom. The molecule has 0 saturated heterocycles. The third kappa shape index (κ3) is 16.2. The summed E-state index contributed by atoms with van der Waals surface area (Å²) in [5.74, 6) is -2.99. The number of hydrogen-bond acceptors (Lipinski definition) is 7. The first-order valence-electron chi connectivity index (χ1n) is 9.67. The molecule has 0 amide bonds. The molecule has 0 fully saturated rings. The number of esters is 1. The summed E-state index contributed by atoms with van der Waals surface area (Å²) in [6, 6.07) is 0. The van der Waals surface area contributed by atoms with Gasteiger partial charge in [0.05, 0.1) is 0 Å². The molecule has 0 aliphatic carbocycles. The predicted octanol–water partition coefficient (Wildman–Crippen LogP) is -0.906. The maximum absolute atomic E-state index is 12.0. The molecule has 0 aromatic carbocycles. The van der Waals surface area contributed by atoms with Gasteiger partial charge in [-0.2, -0.15) is 8.42 Å². The number of hydrogen-bond donors (Lipinski definition) is 2. The summed E-state index contributed by atoms with van der Waals surface area (Å²) in [6.07, 6.45) is 3.11. The molecule has 0 rings (SSSR count). The predicted molar refractivity (Wildman–Crippen MR) is 105 cm³/mol. The molecule has 1 atom stereocenters. The van der Waals surface area contributed by atoms with E-state index in [0.29, 0.717) is 19.3 Å². The summed E-state index contributed by atoms with van der Waals surface area (Å²) in [5.41, 5.74) is -0.749. The number of carboxylic acid groups (broad SMARTS) is 1. The van der Waals surface area contributed by atoms with Crippen LogP contribution in [0.1, 0.15) is 86.5 Å². The minimum Gasteiger partial charge on any atom is -0.550 e. The van der Waals surface area contributed by atoms with Crippen LogP contribution in [-0.4, -0.2) is 47.5 Å². The second kappa shape index (κ2) is 15.6. The molecule has 168 valence electrons. The quantitative estimate of drug-likeness (QED) is 0.179. The van der Waals surface area contributed by atoms with Crippen molar-refractivity contribution in [3.8, 4) is 0 Å². The summed E-state index contributed by atoms with van der Waals surface area (Å²) >= 11 is 0. The van der Waals surface area contributed by atoms with Crippen molar-refractivity contribution < 1.29 is 67.1 Å². The molecule has 8 nitrogen and oxygen atoms in total. The average Bonchev–Trinajstić information content (AvgIpc) is 2.57. The van der Waals surface area contributed by atoms with Crippen molar-refractivity contribution in [3.05, 3.63) is 0 Å². The zero-order valence-electron chi connectivity index (χ0n) is 19.0. The Balaban J connectivity index is -0.000000837. The number of carboxylic acids is 1. The molecule has 2 N–H and O–H groups in total. The SMILES string of the molecule is CC(C)(C)CO.CCCCCC(CC)(CC)OC(=O)C(CC(=O)[O-])S(=O)(=O)O.[Na+]. The van der Waals surface area contributed by atoms with Crippen molar-refractivity contribution in [2.24, 2.45) is 5.41 Å². The van der Waals surface area contributed by atoms with Crippen LogP contribution in [0, 0.1) is 5.41 Å². The van der Waals surface area contributed by atoms with Crippen LogP contribution < -0.4 is 34.7 Å². The second-order valence-electron chi connectivity index (χ2n) is 8.07. The maximum atomic E-state index is 12.0. The summed E-state index contributed by atoms with van der Waals surface area (Å²) in [6.45, 7) is 11.9. The number of carbonyl (C=O) groups excluding carboxylic acids is 2. The zero-order chi connectivity index (χ0) is 22.6. The smallest absolute Gasteiger partial charge is 0.550 e. The first-order chi connectivity index (χ1) is 12.7. The van der Waals surface area contributed by atoms with Crippen LogP contribution in [0.15, 0.2) is 0 Å². The van der Waals surface area contributed by atoms with Gasteiger partial charge in [-0.3, -0.25) is 9.35 Å². The van der Waals surface area contributed by atoms with Crippen LogP contribution in [0.25, 0.3) is 0 Å². The fourth-order valence-electron chi connectivity index (χ4n) is 2.24. The number of rotatable bonds is 11. The van der Waals surface area contributed by atoms with Gasteiger partial charge in [0.2, 0.25) is 0 Å². The number of carbonyl (C=O) groups is 2. The third-order valence-electron chi connectivity index (χ3n) is 4.29. The van der Waals surface area contributed by atoms with Crippen LogP contribution >= 0.6 is 0 Å². The van der Waals surface area contributed by atoms with Crippen LogP contribution in [0.3, 0.4) is 0 Å². The van der Waals surface area contributed by atoms with Gasteiger partial charge in [-0.15, -0.1) is 0 Å². The van der Waals surface area contributed by atoms with E-state index in [1.807, 2.05) is 41.5 Å². The van der Waals surface area contributed by atoms with Gasteiger partial charge in [-0.05, 0) is 31.1 Å². The Morgan fingerprint density at radius 2 is 1.52 bits per heavy atom. The van der Waals surface area contributed by atoms with Crippen molar-refractivity contribution in [1.29, 1.82) is 0 Å². The molecule has 0 radical (unpaired) electrons. The topological polar surface area (TPSA) is 141 Å². The average molecular weight is 449 g/mol. The summed E-state index contributed by atoms with van der Waals surface area (Å²) in [4.78, 5) is 22.6. The molecule has 0 bridgehead atoms. The van der Waals surface area contributed by atoms with E-state index >= 15 is 0 Å². The van der Waals surface area contributed by atoms with Gasteiger partial charge in [0, 0.05) is 19.0 Å². The molecule has 0 aromatic heterocycles. The van der Waals surface area contributed by atoms with Gasteiger partial charge in [-0.1, -0.05) is 54.4 Å². The molecular weight excluding hydrogens is 411 g/mol. The molecule has 0 spiro atoms. The van der Waals surface area contributed by atoms with E-state index < -0.39 is 39.3 Å². The van der Waals surface area contributed by atoms with Gasteiger partial charge in [0.1, 0.15) is 5.60 Å². The molecular formula is C19H37NaO8S. The maximum Gasteiger partial charge on any atom is 1.00 e. The van der Waals surface area contributed by atoms with Crippen molar-refractivity contribution in [2.75, 3.05) is 6.61 Å².